The van der Waals surface area contributed by atoms with Gasteiger partial charge in [0.25, 0.3) is 5.60 Å². The van der Waals surface area contributed by atoms with Crippen molar-refractivity contribution in [1.29, 1.82) is 0 Å². The molecule has 1 unspecified atom stereocenters. The van der Waals surface area contributed by atoms with Crippen molar-refractivity contribution < 1.29 is 55.6 Å². The molecule has 2 N–H and O–H groups in total. The lowest BCUT2D eigenvalue weighted by Gasteiger charge is -2.38. The summed E-state index contributed by atoms with van der Waals surface area (Å²) in [5.74, 6) is -1.50. The number of rotatable bonds is 11. The number of esters is 2. The molecule has 0 bridgehead atoms. The number of hydrogen-bond acceptors (Lipinski definition) is 6. The topological polar surface area (TPSA) is 93.1 Å². The summed E-state index contributed by atoms with van der Waals surface area (Å²) in [5, 5.41) is 19.2. The Morgan fingerprint density at radius 1 is 0.718 bits per heavy atom. The first-order valence-corrected chi connectivity index (χ1v) is 12.9. The average molecular weight is 583 g/mol. The van der Waals surface area contributed by atoms with Crippen molar-refractivity contribution in [2.24, 2.45) is 16.7 Å². The molecule has 1 atom stereocenters. The highest BCUT2D eigenvalue weighted by Crippen LogP contribution is 2.47. The van der Waals surface area contributed by atoms with Crippen molar-refractivity contribution >= 4 is 11.9 Å². The standard InChI is InChI=1S/C15H24F6O3.C12H24O3/c1-6-12(4,5)11(22)24-10(7-9(2)3)8-13(23,14(16,17)18)15(19,20)21;1-8-10(2,3)9(13)15-12(6,7)11(4,5)14/h9-10,23H,6-8H2,1-5H3;14H,8H2,1-7H3. The molecule has 39 heavy (non-hydrogen) atoms. The highest BCUT2D eigenvalue weighted by molar-refractivity contribution is 5.76. The second-order valence-corrected chi connectivity index (χ2v) is 12.7. The highest BCUT2D eigenvalue weighted by atomic mass is 19.4. The average Bonchev–Trinajstić information content (AvgIpc) is 2.70. The molecule has 0 saturated carbocycles. The molecular weight excluding hydrogens is 534 g/mol. The number of halogens is 6. The van der Waals surface area contributed by atoms with Gasteiger partial charge >= 0.3 is 24.3 Å². The van der Waals surface area contributed by atoms with Gasteiger partial charge in [-0.2, -0.15) is 26.3 Å². The minimum absolute atomic E-state index is 0.236. The third-order valence-corrected chi connectivity index (χ3v) is 7.16. The van der Waals surface area contributed by atoms with Gasteiger partial charge in [0.2, 0.25) is 0 Å². The number of ether oxygens (including phenoxy) is 2. The van der Waals surface area contributed by atoms with Crippen LogP contribution in [0, 0.1) is 16.7 Å². The van der Waals surface area contributed by atoms with Crippen molar-refractivity contribution in [3.63, 3.8) is 0 Å². The largest absolute Gasteiger partial charge is 0.462 e. The van der Waals surface area contributed by atoms with E-state index in [1.54, 1.807) is 48.5 Å². The number of carbonyl (C=O) groups is 2. The minimum Gasteiger partial charge on any atom is -0.462 e. The molecule has 0 radical (unpaired) electrons. The van der Waals surface area contributed by atoms with Crippen LogP contribution in [0.15, 0.2) is 0 Å². The molecule has 0 rings (SSSR count). The van der Waals surface area contributed by atoms with E-state index in [0.717, 1.165) is 0 Å². The zero-order chi connectivity index (χ0) is 32.1. The maximum Gasteiger partial charge on any atom is 0.426 e. The molecule has 234 valence electrons. The fraction of sp³-hybridized carbons (Fsp3) is 0.926. The Balaban J connectivity index is 0. The second kappa shape index (κ2) is 13.4. The Labute approximate surface area is 228 Å². The normalized spacial score (nSPS) is 14.9. The first-order valence-electron chi connectivity index (χ1n) is 12.9. The number of alkyl halides is 6. The van der Waals surface area contributed by atoms with E-state index in [0.29, 0.717) is 12.8 Å². The predicted molar refractivity (Wildman–Crippen MR) is 136 cm³/mol. The smallest absolute Gasteiger partial charge is 0.426 e. The van der Waals surface area contributed by atoms with Crippen LogP contribution in [0.3, 0.4) is 0 Å². The molecule has 0 fully saturated rings. The predicted octanol–water partition coefficient (Wildman–Crippen LogP) is 7.14. The van der Waals surface area contributed by atoms with Crippen LogP contribution in [0.2, 0.25) is 0 Å². The van der Waals surface area contributed by atoms with E-state index < -0.39 is 58.5 Å². The fourth-order valence-electron chi connectivity index (χ4n) is 2.51. The molecule has 0 aliphatic heterocycles. The monoisotopic (exact) mass is 582 g/mol. The van der Waals surface area contributed by atoms with Gasteiger partial charge in [-0.3, -0.25) is 9.59 Å². The van der Waals surface area contributed by atoms with Crippen molar-refractivity contribution in [3.05, 3.63) is 0 Å². The summed E-state index contributed by atoms with van der Waals surface area (Å²) >= 11 is 0. The van der Waals surface area contributed by atoms with Crippen LogP contribution in [0.1, 0.15) is 109 Å². The molecule has 0 aromatic rings. The van der Waals surface area contributed by atoms with E-state index in [4.69, 9.17) is 9.47 Å². The highest BCUT2D eigenvalue weighted by Gasteiger charge is 2.71. The van der Waals surface area contributed by atoms with Crippen molar-refractivity contribution in [1.82, 2.24) is 0 Å². The maximum absolute atomic E-state index is 12.8. The zero-order valence-electron chi connectivity index (χ0n) is 25.3. The van der Waals surface area contributed by atoms with Gasteiger partial charge in [0.15, 0.2) is 0 Å². The summed E-state index contributed by atoms with van der Waals surface area (Å²) in [6.45, 7) is 20.1. The summed E-state index contributed by atoms with van der Waals surface area (Å²) in [6, 6.07) is 0. The molecule has 6 nitrogen and oxygen atoms in total. The molecular formula is C27H48F6O6. The van der Waals surface area contributed by atoms with Gasteiger partial charge in [0.1, 0.15) is 11.7 Å². The van der Waals surface area contributed by atoms with Gasteiger partial charge in [-0.1, -0.05) is 27.7 Å². The van der Waals surface area contributed by atoms with E-state index in [2.05, 4.69) is 0 Å². The van der Waals surface area contributed by atoms with Gasteiger partial charge in [0, 0.05) is 6.42 Å². The molecule has 0 aliphatic rings. The van der Waals surface area contributed by atoms with Gasteiger partial charge < -0.3 is 19.7 Å². The first-order chi connectivity index (χ1) is 16.9. The van der Waals surface area contributed by atoms with Crippen LogP contribution in [0.4, 0.5) is 26.3 Å². The zero-order valence-corrected chi connectivity index (χ0v) is 25.3. The molecule has 0 aliphatic carbocycles. The van der Waals surface area contributed by atoms with E-state index in [9.17, 15) is 46.1 Å². The van der Waals surface area contributed by atoms with Gasteiger partial charge in [-0.15, -0.1) is 0 Å². The van der Waals surface area contributed by atoms with Crippen LogP contribution >= 0.6 is 0 Å². The SMILES string of the molecule is CCC(C)(C)C(=O)OC(C)(C)C(C)(C)O.CCC(C)(C)C(=O)OC(CC(C)C)CC(O)(C(F)(F)F)C(F)(F)F. The van der Waals surface area contributed by atoms with Crippen LogP contribution in [-0.4, -0.2) is 57.4 Å². The minimum atomic E-state index is -5.94. The van der Waals surface area contributed by atoms with E-state index >= 15 is 0 Å². The van der Waals surface area contributed by atoms with Crippen LogP contribution in [0.5, 0.6) is 0 Å². The Morgan fingerprint density at radius 3 is 1.36 bits per heavy atom. The van der Waals surface area contributed by atoms with Crippen molar-refractivity contribution in [2.45, 2.75) is 144 Å². The summed E-state index contributed by atoms with van der Waals surface area (Å²) < 4.78 is 87.2. The Bertz CT molecular complexity index is 778. The third-order valence-electron chi connectivity index (χ3n) is 7.16. The number of hydrogen-bond donors (Lipinski definition) is 2. The Kier molecular flexibility index (Phi) is 13.6. The third kappa shape index (κ3) is 11.4. The summed E-state index contributed by atoms with van der Waals surface area (Å²) in [4.78, 5) is 23.8. The number of carbonyl (C=O) groups excluding carboxylic acids is 2. The quantitative estimate of drug-likeness (QED) is 0.199. The summed E-state index contributed by atoms with van der Waals surface area (Å²) in [6.07, 6.45) is -14.6. The lowest BCUT2D eigenvalue weighted by atomic mass is 9.87. The molecule has 12 heteroatoms. The van der Waals surface area contributed by atoms with Crippen molar-refractivity contribution in [2.75, 3.05) is 0 Å². The Morgan fingerprint density at radius 2 is 1.08 bits per heavy atom. The van der Waals surface area contributed by atoms with Crippen LogP contribution in [-0.2, 0) is 19.1 Å². The fourth-order valence-corrected chi connectivity index (χ4v) is 2.51. The van der Waals surface area contributed by atoms with E-state index in [-0.39, 0.29) is 18.3 Å². The first kappa shape index (κ1) is 39.6. The van der Waals surface area contributed by atoms with Crippen LogP contribution < -0.4 is 0 Å². The summed E-state index contributed by atoms with van der Waals surface area (Å²) in [5.41, 5.74) is -8.41. The molecule has 0 heterocycles. The van der Waals surface area contributed by atoms with Crippen LogP contribution in [0.25, 0.3) is 0 Å². The Hall–Kier alpha value is -1.56. The van der Waals surface area contributed by atoms with Gasteiger partial charge in [-0.25, -0.2) is 0 Å². The molecule has 0 spiro atoms. The lowest BCUT2D eigenvalue weighted by molar-refractivity contribution is -0.374. The number of aliphatic hydroxyl groups is 2. The van der Waals surface area contributed by atoms with Gasteiger partial charge in [-0.05, 0) is 80.6 Å². The van der Waals surface area contributed by atoms with Crippen molar-refractivity contribution in [3.8, 4) is 0 Å². The second-order valence-electron chi connectivity index (χ2n) is 12.7. The summed E-state index contributed by atoms with van der Waals surface area (Å²) in [7, 11) is 0. The van der Waals surface area contributed by atoms with E-state index in [1.165, 1.54) is 13.8 Å². The maximum atomic E-state index is 12.8. The van der Waals surface area contributed by atoms with Gasteiger partial charge in [0.05, 0.1) is 16.4 Å². The lowest BCUT2D eigenvalue weighted by Crippen LogP contribution is -2.58. The molecule has 0 aromatic carbocycles. The van der Waals surface area contributed by atoms with E-state index in [1.807, 2.05) is 20.8 Å². The molecule has 0 aromatic heterocycles. The molecule has 0 saturated heterocycles. The molecule has 0 amide bonds.